The Morgan fingerprint density at radius 3 is 2.48 bits per heavy atom. The highest BCUT2D eigenvalue weighted by molar-refractivity contribution is 7.99. The number of hydrogen-bond donors (Lipinski definition) is 1. The van der Waals surface area contributed by atoms with Crippen molar-refractivity contribution in [3.8, 4) is 17.2 Å². The molecule has 0 fully saturated rings. The zero-order chi connectivity index (χ0) is 23.0. The van der Waals surface area contributed by atoms with Gasteiger partial charge in [-0.1, -0.05) is 47.6 Å². The second-order valence-electron chi connectivity index (χ2n) is 6.88. The van der Waals surface area contributed by atoms with E-state index >= 15 is 0 Å². The lowest BCUT2D eigenvalue weighted by molar-refractivity contribution is -0.113. The number of carbonyl (C=O) groups excluding carboxylic acids is 1. The Hall–Kier alpha value is -3.49. The molecule has 0 spiro atoms. The van der Waals surface area contributed by atoms with Gasteiger partial charge in [-0.2, -0.15) is 0 Å². The van der Waals surface area contributed by atoms with Gasteiger partial charge in [-0.25, -0.2) is 0 Å². The molecule has 0 unspecified atom stereocenters. The zero-order valence-corrected chi connectivity index (χ0v) is 19.3. The van der Waals surface area contributed by atoms with E-state index in [-0.39, 0.29) is 18.3 Å². The molecule has 4 rings (SSSR count). The Labute approximate surface area is 200 Å². The number of rotatable bonds is 9. The van der Waals surface area contributed by atoms with Crippen LogP contribution in [0.5, 0.6) is 11.5 Å². The Balaban J connectivity index is 1.48. The first-order chi connectivity index (χ1) is 16.1. The van der Waals surface area contributed by atoms with Gasteiger partial charge in [0.05, 0.1) is 12.9 Å². The van der Waals surface area contributed by atoms with Crippen LogP contribution in [0.25, 0.3) is 5.69 Å². The molecular formula is C24H21ClN4O3S. The lowest BCUT2D eigenvalue weighted by Gasteiger charge is -2.11. The third kappa shape index (κ3) is 6.06. The molecule has 0 atom stereocenters. The maximum atomic E-state index is 12.4. The molecular weight excluding hydrogens is 460 g/mol. The third-order valence-electron chi connectivity index (χ3n) is 4.58. The number of carbonyl (C=O) groups is 1. The molecule has 4 aromatic rings. The van der Waals surface area contributed by atoms with Crippen LogP contribution in [0.4, 0.5) is 5.69 Å². The summed E-state index contributed by atoms with van der Waals surface area (Å²) in [6.07, 6.45) is 0. The van der Waals surface area contributed by atoms with Crippen LogP contribution in [0.2, 0.25) is 5.02 Å². The van der Waals surface area contributed by atoms with Gasteiger partial charge in [-0.3, -0.25) is 9.36 Å². The molecule has 0 aliphatic heterocycles. The Morgan fingerprint density at radius 2 is 1.76 bits per heavy atom. The summed E-state index contributed by atoms with van der Waals surface area (Å²) < 4.78 is 13.0. The fraction of sp³-hybridized carbons (Fsp3) is 0.125. The summed E-state index contributed by atoms with van der Waals surface area (Å²) in [7, 11) is 1.62. The second kappa shape index (κ2) is 10.9. The van der Waals surface area contributed by atoms with E-state index in [9.17, 15) is 4.79 Å². The van der Waals surface area contributed by atoms with Crippen LogP contribution in [-0.2, 0) is 11.4 Å². The molecule has 1 N–H and O–H groups in total. The van der Waals surface area contributed by atoms with E-state index in [2.05, 4.69) is 15.5 Å². The quantitative estimate of drug-likeness (QED) is 0.330. The topological polar surface area (TPSA) is 78.3 Å². The summed E-state index contributed by atoms with van der Waals surface area (Å²) in [4.78, 5) is 12.4. The second-order valence-corrected chi connectivity index (χ2v) is 8.26. The number of nitrogens with zero attached hydrogens (tertiary/aromatic N) is 3. The normalized spacial score (nSPS) is 10.6. The first-order valence-electron chi connectivity index (χ1n) is 10.1. The van der Waals surface area contributed by atoms with Crippen molar-refractivity contribution in [2.75, 3.05) is 18.2 Å². The summed E-state index contributed by atoms with van der Waals surface area (Å²) in [5.74, 6) is 2.06. The van der Waals surface area contributed by atoms with Crippen LogP contribution in [0.1, 0.15) is 5.82 Å². The van der Waals surface area contributed by atoms with Gasteiger partial charge in [0.15, 0.2) is 11.0 Å². The molecule has 7 nitrogen and oxygen atoms in total. The number of methoxy groups -OCH3 is 1. The lowest BCUT2D eigenvalue weighted by atomic mass is 10.3. The first-order valence-corrected chi connectivity index (χ1v) is 11.4. The molecule has 0 saturated heterocycles. The monoisotopic (exact) mass is 480 g/mol. The Bertz CT molecular complexity index is 1220. The van der Waals surface area contributed by atoms with E-state index in [1.54, 1.807) is 31.4 Å². The van der Waals surface area contributed by atoms with Gasteiger partial charge in [0.1, 0.15) is 18.1 Å². The molecule has 168 valence electrons. The van der Waals surface area contributed by atoms with Crippen molar-refractivity contribution in [3.63, 3.8) is 0 Å². The molecule has 3 aromatic carbocycles. The number of ether oxygens (including phenoxy) is 2. The average Bonchev–Trinajstić information content (AvgIpc) is 3.25. The van der Waals surface area contributed by atoms with Crippen LogP contribution >= 0.6 is 23.4 Å². The van der Waals surface area contributed by atoms with Gasteiger partial charge in [0.25, 0.3) is 0 Å². The summed E-state index contributed by atoms with van der Waals surface area (Å²) in [6, 6.07) is 24.1. The van der Waals surface area contributed by atoms with Crippen molar-refractivity contribution >= 4 is 35.0 Å². The van der Waals surface area contributed by atoms with Crippen molar-refractivity contribution in [1.82, 2.24) is 14.8 Å². The predicted molar refractivity (Wildman–Crippen MR) is 129 cm³/mol. The van der Waals surface area contributed by atoms with E-state index in [4.69, 9.17) is 21.1 Å². The predicted octanol–water partition coefficient (Wildman–Crippen LogP) is 5.24. The molecule has 9 heteroatoms. The number of aromatic nitrogens is 3. The summed E-state index contributed by atoms with van der Waals surface area (Å²) in [5, 5.41) is 12.6. The molecule has 0 aliphatic carbocycles. The van der Waals surface area contributed by atoms with Gasteiger partial charge in [-0.05, 0) is 54.6 Å². The van der Waals surface area contributed by atoms with Crippen LogP contribution in [0.3, 0.4) is 0 Å². The number of thioether (sulfide) groups is 1. The van der Waals surface area contributed by atoms with E-state index in [0.717, 1.165) is 11.4 Å². The SMILES string of the molecule is COc1ccc(OCc2nnc(SCC(=O)Nc3cccc(Cl)c3)n2-c2ccccc2)cc1. The molecule has 0 aliphatic rings. The first kappa shape index (κ1) is 22.7. The fourth-order valence-electron chi connectivity index (χ4n) is 3.04. The zero-order valence-electron chi connectivity index (χ0n) is 17.8. The molecule has 33 heavy (non-hydrogen) atoms. The summed E-state index contributed by atoms with van der Waals surface area (Å²) in [6.45, 7) is 0.212. The van der Waals surface area contributed by atoms with E-state index in [1.165, 1.54) is 11.8 Å². The smallest absolute Gasteiger partial charge is 0.234 e. The highest BCUT2D eigenvalue weighted by Crippen LogP contribution is 2.24. The Morgan fingerprint density at radius 1 is 1.00 bits per heavy atom. The van der Waals surface area contributed by atoms with Crippen molar-refractivity contribution in [3.05, 3.63) is 89.7 Å². The maximum absolute atomic E-state index is 12.4. The minimum absolute atomic E-state index is 0.164. The largest absolute Gasteiger partial charge is 0.497 e. The van der Waals surface area contributed by atoms with Gasteiger partial charge in [-0.15, -0.1) is 10.2 Å². The highest BCUT2D eigenvalue weighted by atomic mass is 35.5. The minimum atomic E-state index is -0.166. The number of amides is 1. The van der Waals surface area contributed by atoms with Crippen molar-refractivity contribution in [1.29, 1.82) is 0 Å². The fourth-order valence-corrected chi connectivity index (χ4v) is 4.00. The van der Waals surface area contributed by atoms with Gasteiger partial charge >= 0.3 is 0 Å². The van der Waals surface area contributed by atoms with Crippen molar-refractivity contribution in [2.45, 2.75) is 11.8 Å². The number of para-hydroxylation sites is 1. The molecule has 0 saturated carbocycles. The van der Waals surface area contributed by atoms with Crippen LogP contribution in [0, 0.1) is 0 Å². The van der Waals surface area contributed by atoms with Crippen LogP contribution in [-0.4, -0.2) is 33.5 Å². The minimum Gasteiger partial charge on any atom is -0.497 e. The molecule has 0 bridgehead atoms. The van der Waals surface area contributed by atoms with E-state index in [1.807, 2.05) is 59.2 Å². The number of anilines is 1. The number of nitrogens with one attached hydrogen (secondary N) is 1. The number of benzene rings is 3. The standard InChI is InChI=1S/C24H21ClN4O3S/c1-31-20-10-12-21(13-11-20)32-15-22-27-28-24(29(22)19-8-3-2-4-9-19)33-16-23(30)26-18-7-5-6-17(25)14-18/h2-14H,15-16H2,1H3,(H,26,30). The van der Waals surface area contributed by atoms with Gasteiger partial charge < -0.3 is 14.8 Å². The van der Waals surface area contributed by atoms with Crippen molar-refractivity contribution < 1.29 is 14.3 Å². The van der Waals surface area contributed by atoms with E-state index < -0.39 is 0 Å². The highest BCUT2D eigenvalue weighted by Gasteiger charge is 2.16. The Kier molecular flexibility index (Phi) is 7.49. The van der Waals surface area contributed by atoms with Crippen LogP contribution < -0.4 is 14.8 Å². The molecule has 1 aromatic heterocycles. The number of hydrogen-bond acceptors (Lipinski definition) is 6. The third-order valence-corrected chi connectivity index (χ3v) is 5.75. The van der Waals surface area contributed by atoms with Crippen molar-refractivity contribution in [2.24, 2.45) is 0 Å². The van der Waals surface area contributed by atoms with Crippen LogP contribution in [0.15, 0.2) is 84.0 Å². The van der Waals surface area contributed by atoms with Gasteiger partial charge in [0, 0.05) is 16.4 Å². The molecule has 1 amide bonds. The maximum Gasteiger partial charge on any atom is 0.234 e. The lowest BCUT2D eigenvalue weighted by Crippen LogP contribution is -2.14. The average molecular weight is 481 g/mol. The number of halogens is 1. The van der Waals surface area contributed by atoms with Gasteiger partial charge in [0.2, 0.25) is 5.91 Å². The van der Waals surface area contributed by atoms with E-state index in [0.29, 0.717) is 27.4 Å². The summed E-state index contributed by atoms with van der Waals surface area (Å²) in [5.41, 5.74) is 1.53. The molecule has 0 radical (unpaired) electrons. The molecule has 1 heterocycles. The summed E-state index contributed by atoms with van der Waals surface area (Å²) >= 11 is 7.28.